The maximum absolute atomic E-state index is 3.62. The van der Waals surface area contributed by atoms with Crippen molar-refractivity contribution in [3.63, 3.8) is 0 Å². The van der Waals surface area contributed by atoms with Crippen molar-refractivity contribution in [2.75, 3.05) is 6.54 Å². The van der Waals surface area contributed by atoms with Crippen LogP contribution in [0.5, 0.6) is 0 Å². The van der Waals surface area contributed by atoms with Crippen LogP contribution in [0.3, 0.4) is 0 Å². The van der Waals surface area contributed by atoms with Gasteiger partial charge in [0.1, 0.15) is 0 Å². The van der Waals surface area contributed by atoms with Crippen molar-refractivity contribution in [3.8, 4) is 0 Å². The lowest BCUT2D eigenvalue weighted by Crippen LogP contribution is -2.28. The second-order valence-electron chi connectivity index (χ2n) is 6.86. The fraction of sp³-hybridized carbons (Fsp3) is 0.667. The molecule has 2 atom stereocenters. The lowest BCUT2D eigenvalue weighted by molar-refractivity contribution is 0.321. The Bertz CT molecular complexity index is 426. The Morgan fingerprint density at radius 1 is 1.21 bits per heavy atom. The molecule has 2 unspecified atom stereocenters. The van der Waals surface area contributed by atoms with Crippen LogP contribution in [0, 0.1) is 26.2 Å². The third-order valence-electron chi connectivity index (χ3n) is 4.77. The van der Waals surface area contributed by atoms with Gasteiger partial charge in [0.05, 0.1) is 0 Å². The Morgan fingerprint density at radius 3 is 2.42 bits per heavy atom. The standard InChI is InChI=1S/C18H29N/c1-6-19-16-7-8-18(5,11-16)12-17-14(3)9-13(2)10-15(17)4/h9-10,16,19H,6-8,11-12H2,1-5H3. The molecule has 19 heavy (non-hydrogen) atoms. The molecule has 0 spiro atoms. The van der Waals surface area contributed by atoms with Gasteiger partial charge in [-0.3, -0.25) is 0 Å². The number of aryl methyl sites for hydroxylation is 3. The largest absolute Gasteiger partial charge is 0.314 e. The van der Waals surface area contributed by atoms with E-state index in [4.69, 9.17) is 0 Å². The Labute approximate surface area is 118 Å². The summed E-state index contributed by atoms with van der Waals surface area (Å²) in [6.45, 7) is 12.5. The van der Waals surface area contributed by atoms with Gasteiger partial charge in [-0.1, -0.05) is 31.5 Å². The minimum Gasteiger partial charge on any atom is -0.314 e. The van der Waals surface area contributed by atoms with Crippen LogP contribution < -0.4 is 5.32 Å². The van der Waals surface area contributed by atoms with Gasteiger partial charge in [-0.05, 0) is 75.1 Å². The highest BCUT2D eigenvalue weighted by atomic mass is 14.9. The molecule has 2 rings (SSSR count). The molecule has 1 N–H and O–H groups in total. The lowest BCUT2D eigenvalue weighted by atomic mass is 9.79. The zero-order chi connectivity index (χ0) is 14.0. The number of rotatable bonds is 4. The molecule has 1 saturated carbocycles. The molecule has 0 amide bonds. The van der Waals surface area contributed by atoms with Gasteiger partial charge in [0, 0.05) is 6.04 Å². The molecular formula is C18H29N. The normalized spacial score (nSPS) is 26.9. The molecule has 0 aliphatic heterocycles. The average molecular weight is 259 g/mol. The zero-order valence-electron chi connectivity index (χ0n) is 13.3. The molecule has 0 heterocycles. The van der Waals surface area contributed by atoms with Crippen molar-refractivity contribution in [1.82, 2.24) is 5.32 Å². The third-order valence-corrected chi connectivity index (χ3v) is 4.77. The van der Waals surface area contributed by atoms with Crippen molar-refractivity contribution in [2.45, 2.75) is 66.3 Å². The molecule has 0 saturated heterocycles. The highest BCUT2D eigenvalue weighted by molar-refractivity contribution is 5.38. The molecule has 1 aliphatic carbocycles. The van der Waals surface area contributed by atoms with Crippen molar-refractivity contribution < 1.29 is 0 Å². The van der Waals surface area contributed by atoms with Crippen LogP contribution in [0.1, 0.15) is 55.4 Å². The van der Waals surface area contributed by atoms with Crippen LogP contribution in [-0.2, 0) is 6.42 Å². The summed E-state index contributed by atoms with van der Waals surface area (Å²) < 4.78 is 0. The van der Waals surface area contributed by atoms with Crippen LogP contribution in [0.4, 0.5) is 0 Å². The van der Waals surface area contributed by atoms with Gasteiger partial charge in [-0.25, -0.2) is 0 Å². The fourth-order valence-corrected chi connectivity index (χ4v) is 3.86. The molecule has 0 radical (unpaired) electrons. The smallest absolute Gasteiger partial charge is 0.00724 e. The van der Waals surface area contributed by atoms with Crippen LogP contribution >= 0.6 is 0 Å². The van der Waals surface area contributed by atoms with E-state index in [1.807, 2.05) is 0 Å². The molecule has 1 heteroatoms. The van der Waals surface area contributed by atoms with E-state index in [-0.39, 0.29) is 0 Å². The van der Waals surface area contributed by atoms with Crippen LogP contribution in [-0.4, -0.2) is 12.6 Å². The summed E-state index contributed by atoms with van der Waals surface area (Å²) in [4.78, 5) is 0. The maximum atomic E-state index is 3.62. The van der Waals surface area contributed by atoms with Gasteiger partial charge in [-0.15, -0.1) is 0 Å². The van der Waals surface area contributed by atoms with Crippen LogP contribution in [0.2, 0.25) is 0 Å². The van der Waals surface area contributed by atoms with Crippen molar-refractivity contribution in [1.29, 1.82) is 0 Å². The summed E-state index contributed by atoms with van der Waals surface area (Å²) >= 11 is 0. The third kappa shape index (κ3) is 3.39. The fourth-order valence-electron chi connectivity index (χ4n) is 3.86. The first-order valence-electron chi connectivity index (χ1n) is 7.73. The van der Waals surface area contributed by atoms with Gasteiger partial charge in [-0.2, -0.15) is 0 Å². The molecular weight excluding hydrogens is 230 g/mol. The molecule has 1 nitrogen and oxygen atoms in total. The predicted molar refractivity (Wildman–Crippen MR) is 83.8 cm³/mol. The first kappa shape index (κ1) is 14.6. The van der Waals surface area contributed by atoms with Gasteiger partial charge in [0.25, 0.3) is 0 Å². The average Bonchev–Trinajstić information content (AvgIpc) is 2.67. The van der Waals surface area contributed by atoms with Gasteiger partial charge in [0.2, 0.25) is 0 Å². The first-order chi connectivity index (χ1) is 8.93. The van der Waals surface area contributed by atoms with Crippen molar-refractivity contribution in [3.05, 3.63) is 34.4 Å². The van der Waals surface area contributed by atoms with E-state index in [0.717, 1.165) is 12.6 Å². The predicted octanol–water partition coefficient (Wildman–Crippen LogP) is 4.32. The number of nitrogens with one attached hydrogen (secondary N) is 1. The molecule has 1 aromatic carbocycles. The van der Waals surface area contributed by atoms with Gasteiger partial charge >= 0.3 is 0 Å². The summed E-state index contributed by atoms with van der Waals surface area (Å²) in [5, 5.41) is 3.62. The maximum Gasteiger partial charge on any atom is 0.00724 e. The van der Waals surface area contributed by atoms with Crippen molar-refractivity contribution >= 4 is 0 Å². The summed E-state index contributed by atoms with van der Waals surface area (Å²) in [6.07, 6.45) is 5.27. The van der Waals surface area contributed by atoms with E-state index in [0.29, 0.717) is 5.41 Å². The molecule has 106 valence electrons. The van der Waals surface area contributed by atoms with E-state index >= 15 is 0 Å². The number of hydrogen-bond acceptors (Lipinski definition) is 1. The molecule has 1 fully saturated rings. The van der Waals surface area contributed by atoms with E-state index in [9.17, 15) is 0 Å². The quantitative estimate of drug-likeness (QED) is 0.849. The Morgan fingerprint density at radius 2 is 1.84 bits per heavy atom. The number of benzene rings is 1. The van der Waals surface area contributed by atoms with Gasteiger partial charge in [0.15, 0.2) is 0 Å². The minimum atomic E-state index is 0.484. The highest BCUT2D eigenvalue weighted by Crippen LogP contribution is 2.41. The summed E-state index contributed by atoms with van der Waals surface area (Å²) in [5.41, 5.74) is 6.42. The second kappa shape index (κ2) is 5.66. The lowest BCUT2D eigenvalue weighted by Gasteiger charge is -2.27. The Balaban J connectivity index is 2.13. The summed E-state index contributed by atoms with van der Waals surface area (Å²) in [5.74, 6) is 0. The van der Waals surface area contributed by atoms with Crippen molar-refractivity contribution in [2.24, 2.45) is 5.41 Å². The Hall–Kier alpha value is -0.820. The topological polar surface area (TPSA) is 12.0 Å². The van der Waals surface area contributed by atoms with E-state index < -0.39 is 0 Å². The minimum absolute atomic E-state index is 0.484. The molecule has 0 aromatic heterocycles. The second-order valence-corrected chi connectivity index (χ2v) is 6.86. The van der Waals surface area contributed by atoms with E-state index in [2.05, 4.69) is 52.1 Å². The van der Waals surface area contributed by atoms with E-state index in [1.165, 1.54) is 42.4 Å². The van der Waals surface area contributed by atoms with E-state index in [1.54, 1.807) is 5.56 Å². The highest BCUT2D eigenvalue weighted by Gasteiger charge is 2.35. The summed E-state index contributed by atoms with van der Waals surface area (Å²) in [7, 11) is 0. The molecule has 0 bridgehead atoms. The van der Waals surface area contributed by atoms with Gasteiger partial charge < -0.3 is 5.32 Å². The number of hydrogen-bond donors (Lipinski definition) is 1. The zero-order valence-corrected chi connectivity index (χ0v) is 13.3. The first-order valence-corrected chi connectivity index (χ1v) is 7.73. The molecule has 1 aromatic rings. The van der Waals surface area contributed by atoms with Crippen LogP contribution in [0.25, 0.3) is 0 Å². The summed E-state index contributed by atoms with van der Waals surface area (Å²) in [6, 6.07) is 5.41. The SMILES string of the molecule is CCNC1CCC(C)(Cc2c(C)cc(C)cc2C)C1. The Kier molecular flexibility index (Phi) is 4.35. The molecule has 1 aliphatic rings. The van der Waals surface area contributed by atoms with Crippen LogP contribution in [0.15, 0.2) is 12.1 Å². The monoisotopic (exact) mass is 259 g/mol.